The van der Waals surface area contributed by atoms with E-state index >= 15 is 0 Å². The maximum absolute atomic E-state index is 9.02. The number of benzene rings is 1. The highest BCUT2D eigenvalue weighted by molar-refractivity contribution is 5.65. The molecule has 2 heterocycles. The Morgan fingerprint density at radius 2 is 1.79 bits per heavy atom. The second-order valence-corrected chi connectivity index (χ2v) is 3.86. The molecule has 0 aliphatic heterocycles. The lowest BCUT2D eigenvalue weighted by molar-refractivity contribution is 0.880. The molecule has 0 aliphatic rings. The van der Waals surface area contributed by atoms with Crippen LogP contribution in [0.2, 0.25) is 0 Å². The second-order valence-electron chi connectivity index (χ2n) is 3.86. The Bertz CT molecular complexity index is 723. The molecule has 90 valence electrons. The number of hydrogen-bond acceptors (Lipinski definition) is 4. The molecule has 0 fully saturated rings. The quantitative estimate of drug-likeness (QED) is 0.696. The summed E-state index contributed by atoms with van der Waals surface area (Å²) in [6.45, 7) is 0. The molecule has 5 heteroatoms. The zero-order valence-corrected chi connectivity index (χ0v) is 9.93. The predicted octanol–water partition coefficient (Wildman–Crippen LogP) is 2.20. The zero-order valence-electron chi connectivity index (χ0n) is 9.93. The fourth-order valence-electron chi connectivity index (χ4n) is 1.82. The molecule has 5 nitrogen and oxygen atoms in total. The molecule has 19 heavy (non-hydrogen) atoms. The molecule has 2 aromatic heterocycles. The Balaban J connectivity index is 2.02. The molecule has 0 N–H and O–H groups in total. The molecule has 0 unspecified atom stereocenters. The molecule has 0 spiro atoms. The Labute approximate surface area is 109 Å². The third-order valence-electron chi connectivity index (χ3n) is 2.71. The summed E-state index contributed by atoms with van der Waals surface area (Å²) >= 11 is 0. The lowest BCUT2D eigenvalue weighted by Gasteiger charge is -2.04. The second kappa shape index (κ2) is 4.70. The third kappa shape index (κ3) is 2.07. The number of aromatic nitrogens is 4. The molecular formula is C14H9N5. The van der Waals surface area contributed by atoms with Gasteiger partial charge < -0.3 is 0 Å². The lowest BCUT2D eigenvalue weighted by atomic mass is 10.1. The third-order valence-corrected chi connectivity index (χ3v) is 2.71. The summed E-state index contributed by atoms with van der Waals surface area (Å²) in [5, 5.41) is 13.2. The van der Waals surface area contributed by atoms with Gasteiger partial charge in [-0.05, 0) is 18.2 Å². The van der Waals surface area contributed by atoms with Crippen LogP contribution in [-0.4, -0.2) is 19.7 Å². The van der Waals surface area contributed by atoms with Crippen LogP contribution < -0.4 is 0 Å². The Morgan fingerprint density at radius 1 is 1.00 bits per heavy atom. The molecule has 0 saturated carbocycles. The summed E-state index contributed by atoms with van der Waals surface area (Å²) in [7, 11) is 0. The van der Waals surface area contributed by atoms with Crippen LogP contribution in [-0.2, 0) is 0 Å². The normalized spacial score (nSPS) is 10.1. The van der Waals surface area contributed by atoms with Crippen molar-refractivity contribution in [1.29, 1.82) is 5.26 Å². The zero-order chi connectivity index (χ0) is 13.1. The minimum atomic E-state index is 0.328. The van der Waals surface area contributed by atoms with E-state index in [9.17, 15) is 0 Å². The van der Waals surface area contributed by atoms with Crippen molar-refractivity contribution in [3.05, 3.63) is 60.8 Å². The highest BCUT2D eigenvalue weighted by Gasteiger charge is 2.07. The van der Waals surface area contributed by atoms with Crippen LogP contribution in [0, 0.1) is 11.3 Å². The molecule has 3 aromatic rings. The SMILES string of the molecule is N#Cc1nccnc1-c1ccc(-n2cccn2)cc1. The van der Waals surface area contributed by atoms with Gasteiger partial charge in [-0.15, -0.1) is 0 Å². The predicted molar refractivity (Wildman–Crippen MR) is 69.3 cm³/mol. The topological polar surface area (TPSA) is 67.4 Å². The van der Waals surface area contributed by atoms with E-state index in [-0.39, 0.29) is 0 Å². The molecule has 0 amide bonds. The van der Waals surface area contributed by atoms with E-state index in [1.165, 1.54) is 6.20 Å². The minimum absolute atomic E-state index is 0.328. The molecule has 0 saturated heterocycles. The van der Waals surface area contributed by atoms with Crippen molar-refractivity contribution >= 4 is 0 Å². The fraction of sp³-hybridized carbons (Fsp3) is 0. The lowest BCUT2D eigenvalue weighted by Crippen LogP contribution is -1.95. The van der Waals surface area contributed by atoms with Crippen molar-refractivity contribution in [2.45, 2.75) is 0 Å². The molecular weight excluding hydrogens is 238 g/mol. The summed E-state index contributed by atoms with van der Waals surface area (Å²) in [6, 6.07) is 11.6. The van der Waals surface area contributed by atoms with Crippen molar-refractivity contribution in [2.24, 2.45) is 0 Å². The Morgan fingerprint density at radius 3 is 2.47 bits per heavy atom. The fourth-order valence-corrected chi connectivity index (χ4v) is 1.82. The largest absolute Gasteiger partial charge is 0.252 e. The molecule has 0 bridgehead atoms. The van der Waals surface area contributed by atoms with Gasteiger partial charge in [-0.1, -0.05) is 12.1 Å². The average Bonchev–Trinajstić information content (AvgIpc) is 3.02. The molecule has 3 rings (SSSR count). The maximum Gasteiger partial charge on any atom is 0.166 e. The van der Waals surface area contributed by atoms with Gasteiger partial charge in [0.2, 0.25) is 0 Å². The highest BCUT2D eigenvalue weighted by Crippen LogP contribution is 2.20. The smallest absolute Gasteiger partial charge is 0.166 e. The van der Waals surface area contributed by atoms with E-state index in [0.29, 0.717) is 11.4 Å². The van der Waals surface area contributed by atoms with E-state index < -0.39 is 0 Å². The first-order valence-electron chi connectivity index (χ1n) is 5.70. The van der Waals surface area contributed by atoms with Crippen LogP contribution in [0.4, 0.5) is 0 Å². The number of rotatable bonds is 2. The van der Waals surface area contributed by atoms with Crippen LogP contribution in [0.3, 0.4) is 0 Å². The van der Waals surface area contributed by atoms with Crippen LogP contribution in [0.1, 0.15) is 5.69 Å². The standard InChI is InChI=1S/C14H9N5/c15-10-13-14(17-8-7-16-13)11-2-4-12(5-3-11)19-9-1-6-18-19/h1-9H. The first-order chi connectivity index (χ1) is 9.38. The maximum atomic E-state index is 9.02. The van der Waals surface area contributed by atoms with Gasteiger partial charge in [0, 0.05) is 30.4 Å². The first-order valence-corrected chi connectivity index (χ1v) is 5.70. The van der Waals surface area contributed by atoms with Gasteiger partial charge in [0.15, 0.2) is 5.69 Å². The van der Waals surface area contributed by atoms with Crippen molar-refractivity contribution < 1.29 is 0 Å². The van der Waals surface area contributed by atoms with E-state index in [4.69, 9.17) is 5.26 Å². The van der Waals surface area contributed by atoms with Gasteiger partial charge in [-0.2, -0.15) is 10.4 Å². The molecule has 0 aliphatic carbocycles. The van der Waals surface area contributed by atoms with Crippen LogP contribution >= 0.6 is 0 Å². The van der Waals surface area contributed by atoms with Gasteiger partial charge in [0.25, 0.3) is 0 Å². The van der Waals surface area contributed by atoms with Gasteiger partial charge in [-0.25, -0.2) is 9.67 Å². The molecule has 0 radical (unpaired) electrons. The number of nitrogens with zero attached hydrogens (tertiary/aromatic N) is 5. The van der Waals surface area contributed by atoms with Crippen molar-refractivity contribution in [2.75, 3.05) is 0 Å². The summed E-state index contributed by atoms with van der Waals surface area (Å²) in [4.78, 5) is 8.21. The number of hydrogen-bond donors (Lipinski definition) is 0. The number of nitriles is 1. The molecule has 1 aromatic carbocycles. The average molecular weight is 247 g/mol. The van der Waals surface area contributed by atoms with Gasteiger partial charge in [-0.3, -0.25) is 4.98 Å². The van der Waals surface area contributed by atoms with Gasteiger partial charge >= 0.3 is 0 Å². The Kier molecular flexibility index (Phi) is 2.75. The minimum Gasteiger partial charge on any atom is -0.252 e. The summed E-state index contributed by atoms with van der Waals surface area (Å²) in [5.41, 5.74) is 2.74. The van der Waals surface area contributed by atoms with E-state index in [2.05, 4.69) is 15.1 Å². The highest BCUT2D eigenvalue weighted by atomic mass is 15.3. The van der Waals surface area contributed by atoms with Gasteiger partial charge in [0.1, 0.15) is 11.8 Å². The summed E-state index contributed by atoms with van der Waals surface area (Å²) < 4.78 is 1.77. The van der Waals surface area contributed by atoms with E-state index in [0.717, 1.165) is 11.3 Å². The summed E-state index contributed by atoms with van der Waals surface area (Å²) in [5.74, 6) is 0. The summed E-state index contributed by atoms with van der Waals surface area (Å²) in [6.07, 6.45) is 6.69. The first kappa shape index (κ1) is 11.1. The van der Waals surface area contributed by atoms with Crippen molar-refractivity contribution in [3.8, 4) is 23.0 Å². The van der Waals surface area contributed by atoms with Crippen LogP contribution in [0.25, 0.3) is 16.9 Å². The van der Waals surface area contributed by atoms with E-state index in [1.807, 2.05) is 42.6 Å². The van der Waals surface area contributed by atoms with Crippen molar-refractivity contribution in [3.63, 3.8) is 0 Å². The Hall–Kier alpha value is -3.00. The van der Waals surface area contributed by atoms with Crippen LogP contribution in [0.5, 0.6) is 0 Å². The van der Waals surface area contributed by atoms with Crippen molar-refractivity contribution in [1.82, 2.24) is 19.7 Å². The monoisotopic (exact) mass is 247 g/mol. The van der Waals surface area contributed by atoms with E-state index in [1.54, 1.807) is 17.1 Å². The van der Waals surface area contributed by atoms with Gasteiger partial charge in [0.05, 0.1) is 5.69 Å². The molecule has 0 atom stereocenters. The van der Waals surface area contributed by atoms with Crippen LogP contribution in [0.15, 0.2) is 55.1 Å².